The monoisotopic (exact) mass is 510 g/mol. The maximum absolute atomic E-state index is 13.8. The van der Waals surface area contributed by atoms with Crippen LogP contribution in [-0.4, -0.2) is 38.5 Å². The fourth-order valence-corrected chi connectivity index (χ4v) is 4.65. The van der Waals surface area contributed by atoms with E-state index in [-0.39, 0.29) is 30.6 Å². The van der Waals surface area contributed by atoms with Crippen LogP contribution < -0.4 is 5.32 Å². The van der Waals surface area contributed by atoms with Gasteiger partial charge >= 0.3 is 0 Å². The smallest absolute Gasteiger partial charge is 0.274 e. The number of anilines is 1. The predicted octanol–water partition coefficient (Wildman–Crippen LogP) is 4.76. The van der Waals surface area contributed by atoms with Crippen LogP contribution in [0.15, 0.2) is 91.3 Å². The van der Waals surface area contributed by atoms with Crippen molar-refractivity contribution >= 4 is 34.9 Å². The van der Waals surface area contributed by atoms with E-state index in [9.17, 15) is 14.4 Å². The van der Waals surface area contributed by atoms with Gasteiger partial charge in [0, 0.05) is 53.7 Å². The highest BCUT2D eigenvalue weighted by Crippen LogP contribution is 2.27. The van der Waals surface area contributed by atoms with Crippen molar-refractivity contribution in [2.45, 2.75) is 25.4 Å². The molecule has 1 N–H and O–H groups in total. The second kappa shape index (κ2) is 10.7. The summed E-state index contributed by atoms with van der Waals surface area (Å²) in [6.07, 6.45) is 3.63. The standard InChI is InChI=1S/C29H23ClN4O3/c30-21-10-11-24-20(15-21)16-27(35)26(17-22-7-1-3-12-31-22)34(29(24)37)18-19-6-5-8-23(14-19)33-28(36)25-9-2-4-13-32-25/h1-15,26H,16-18H2,(H,33,36)/t26-/m1/s1. The van der Waals surface area contributed by atoms with Gasteiger partial charge in [0.25, 0.3) is 11.8 Å². The lowest BCUT2D eigenvalue weighted by molar-refractivity contribution is -0.122. The van der Waals surface area contributed by atoms with Crippen molar-refractivity contribution in [3.05, 3.63) is 124 Å². The molecule has 0 aliphatic carbocycles. The number of carbonyl (C=O) groups excluding carboxylic acids is 3. The molecule has 0 unspecified atom stereocenters. The van der Waals surface area contributed by atoms with Gasteiger partial charge in [-0.15, -0.1) is 0 Å². The molecule has 2 aromatic heterocycles. The number of rotatable bonds is 6. The molecule has 0 bridgehead atoms. The average Bonchev–Trinajstić information content (AvgIpc) is 3.00. The molecule has 184 valence electrons. The maximum Gasteiger partial charge on any atom is 0.274 e. The van der Waals surface area contributed by atoms with Gasteiger partial charge in [-0.1, -0.05) is 35.9 Å². The predicted molar refractivity (Wildman–Crippen MR) is 140 cm³/mol. The molecular formula is C29H23ClN4O3. The number of amides is 2. The van der Waals surface area contributed by atoms with Crippen LogP contribution in [0.5, 0.6) is 0 Å². The fourth-order valence-electron chi connectivity index (χ4n) is 4.45. The highest BCUT2D eigenvalue weighted by Gasteiger charge is 2.35. The quantitative estimate of drug-likeness (QED) is 0.403. The lowest BCUT2D eigenvalue weighted by atomic mass is 9.99. The van der Waals surface area contributed by atoms with Gasteiger partial charge in [-0.25, -0.2) is 0 Å². The van der Waals surface area contributed by atoms with Crippen molar-refractivity contribution in [2.75, 3.05) is 5.32 Å². The Labute approximate surface area is 219 Å². The first-order chi connectivity index (χ1) is 18.0. The highest BCUT2D eigenvalue weighted by atomic mass is 35.5. The summed E-state index contributed by atoms with van der Waals surface area (Å²) in [6, 6.07) is 22.2. The Kier molecular flexibility index (Phi) is 7.05. The number of Topliss-reactive ketones (excluding diaryl/α,β-unsaturated/α-hetero) is 1. The van der Waals surface area contributed by atoms with Gasteiger partial charge in [-0.2, -0.15) is 0 Å². The Morgan fingerprint density at radius 2 is 1.76 bits per heavy atom. The molecule has 0 fully saturated rings. The minimum atomic E-state index is -0.708. The largest absolute Gasteiger partial charge is 0.324 e. The molecule has 3 heterocycles. The SMILES string of the molecule is O=C(Nc1cccc(CN2C(=O)c3ccc(Cl)cc3CC(=O)[C@H]2Cc2ccccn2)c1)c1ccccn1. The van der Waals surface area contributed by atoms with Crippen LogP contribution in [0.4, 0.5) is 5.69 Å². The van der Waals surface area contributed by atoms with Crippen LogP contribution in [0.25, 0.3) is 0 Å². The van der Waals surface area contributed by atoms with Crippen LogP contribution >= 0.6 is 11.6 Å². The number of aromatic nitrogens is 2. The normalized spacial score (nSPS) is 15.2. The molecule has 7 nitrogen and oxygen atoms in total. The van der Waals surface area contributed by atoms with Crippen molar-refractivity contribution in [1.29, 1.82) is 0 Å². The van der Waals surface area contributed by atoms with Crippen molar-refractivity contribution in [3.63, 3.8) is 0 Å². The van der Waals surface area contributed by atoms with Gasteiger partial charge in [0.2, 0.25) is 0 Å². The molecule has 0 spiro atoms. The number of nitrogens with zero attached hydrogens (tertiary/aromatic N) is 3. The molecule has 8 heteroatoms. The fraction of sp³-hybridized carbons (Fsp3) is 0.138. The molecule has 2 amide bonds. The van der Waals surface area contributed by atoms with Crippen molar-refractivity contribution in [2.24, 2.45) is 0 Å². The van der Waals surface area contributed by atoms with E-state index in [4.69, 9.17) is 11.6 Å². The summed E-state index contributed by atoms with van der Waals surface area (Å²) in [5.41, 5.74) is 3.43. The Balaban J connectivity index is 1.46. The lowest BCUT2D eigenvalue weighted by Gasteiger charge is -2.29. The van der Waals surface area contributed by atoms with E-state index in [0.717, 1.165) is 11.3 Å². The third kappa shape index (κ3) is 5.57. The molecule has 1 aliphatic heterocycles. The van der Waals surface area contributed by atoms with E-state index in [1.165, 1.54) is 0 Å². The van der Waals surface area contributed by atoms with E-state index < -0.39 is 6.04 Å². The second-order valence-corrected chi connectivity index (χ2v) is 9.22. The zero-order valence-corrected chi connectivity index (χ0v) is 20.6. The number of hydrogen-bond donors (Lipinski definition) is 1. The van der Waals surface area contributed by atoms with Crippen molar-refractivity contribution < 1.29 is 14.4 Å². The van der Waals surface area contributed by atoms with Crippen molar-refractivity contribution in [1.82, 2.24) is 14.9 Å². The van der Waals surface area contributed by atoms with Gasteiger partial charge in [0.15, 0.2) is 5.78 Å². The van der Waals surface area contributed by atoms with Gasteiger partial charge in [-0.05, 0) is 65.7 Å². The van der Waals surface area contributed by atoms with E-state index in [1.807, 2.05) is 24.3 Å². The molecule has 4 aromatic rings. The topological polar surface area (TPSA) is 92.3 Å². The first kappa shape index (κ1) is 24.3. The minimum Gasteiger partial charge on any atom is -0.324 e. The number of carbonyl (C=O) groups is 3. The second-order valence-electron chi connectivity index (χ2n) is 8.79. The summed E-state index contributed by atoms with van der Waals surface area (Å²) in [5.74, 6) is -0.668. The van der Waals surface area contributed by atoms with Gasteiger partial charge in [0.05, 0.1) is 6.04 Å². The van der Waals surface area contributed by atoms with Crippen LogP contribution in [0, 0.1) is 0 Å². The number of nitrogens with one attached hydrogen (secondary N) is 1. The molecule has 1 atom stereocenters. The number of pyridine rings is 2. The lowest BCUT2D eigenvalue weighted by Crippen LogP contribution is -2.45. The Hall–Kier alpha value is -4.36. The van der Waals surface area contributed by atoms with Gasteiger partial charge in [0.1, 0.15) is 5.69 Å². The van der Waals surface area contributed by atoms with Crippen molar-refractivity contribution in [3.8, 4) is 0 Å². The van der Waals surface area contributed by atoms with Crippen LogP contribution in [0.2, 0.25) is 5.02 Å². The molecule has 0 radical (unpaired) electrons. The summed E-state index contributed by atoms with van der Waals surface area (Å²) in [4.78, 5) is 49.9. The molecule has 5 rings (SSSR count). The Morgan fingerprint density at radius 1 is 0.946 bits per heavy atom. The number of halogens is 1. The van der Waals surface area contributed by atoms with Gasteiger partial charge in [-0.3, -0.25) is 24.4 Å². The molecule has 0 saturated carbocycles. The maximum atomic E-state index is 13.8. The summed E-state index contributed by atoms with van der Waals surface area (Å²) in [5, 5.41) is 3.32. The number of benzene rings is 2. The molecule has 37 heavy (non-hydrogen) atoms. The highest BCUT2D eigenvalue weighted by molar-refractivity contribution is 6.30. The number of ketones is 1. The summed E-state index contributed by atoms with van der Waals surface area (Å²) < 4.78 is 0. The Morgan fingerprint density at radius 3 is 2.51 bits per heavy atom. The molecule has 2 aromatic carbocycles. The molecule has 1 aliphatic rings. The first-order valence-electron chi connectivity index (χ1n) is 11.8. The van der Waals surface area contributed by atoms with Crippen LogP contribution in [-0.2, 0) is 24.2 Å². The molecular weight excluding hydrogens is 488 g/mol. The van der Waals surface area contributed by atoms with Crippen LogP contribution in [0.1, 0.15) is 37.7 Å². The molecule has 0 saturated heterocycles. The number of fused-ring (bicyclic) bond motifs is 1. The number of hydrogen-bond acceptors (Lipinski definition) is 5. The van der Waals surface area contributed by atoms with Gasteiger partial charge < -0.3 is 10.2 Å². The Bertz CT molecular complexity index is 1460. The third-order valence-electron chi connectivity index (χ3n) is 6.24. The zero-order chi connectivity index (χ0) is 25.8. The average molecular weight is 511 g/mol. The van der Waals surface area contributed by atoms with E-state index in [1.54, 1.807) is 71.9 Å². The summed E-state index contributed by atoms with van der Waals surface area (Å²) in [6.45, 7) is 0.178. The van der Waals surface area contributed by atoms with E-state index >= 15 is 0 Å². The summed E-state index contributed by atoms with van der Waals surface area (Å²) >= 11 is 6.18. The zero-order valence-electron chi connectivity index (χ0n) is 19.8. The van der Waals surface area contributed by atoms with E-state index in [0.29, 0.717) is 34.0 Å². The van der Waals surface area contributed by atoms with Crippen LogP contribution in [0.3, 0.4) is 0 Å². The van der Waals surface area contributed by atoms with E-state index in [2.05, 4.69) is 15.3 Å². The first-order valence-corrected chi connectivity index (χ1v) is 12.2. The minimum absolute atomic E-state index is 0.0837. The third-order valence-corrected chi connectivity index (χ3v) is 6.47. The summed E-state index contributed by atoms with van der Waals surface area (Å²) in [7, 11) is 0.